The minimum Gasteiger partial charge on any atom is -0.382 e. The summed E-state index contributed by atoms with van der Waals surface area (Å²) in [5, 5.41) is 0. The maximum absolute atomic E-state index is 10.4. The largest absolute Gasteiger partial charge is 0.400 e. The normalized spacial score (nSPS) is 30.7. The molecule has 60 valence electrons. The molecule has 1 fully saturated rings. The standard InChI is InChI=1S/C4H8O5S/c1-7-2-4-3-8-10(5,6)9-4/h4H,2-3H2,1H3/t4-/m0/s1. The Kier molecular flexibility index (Phi) is 2.24. The molecule has 0 aromatic carbocycles. The first-order chi connectivity index (χ1) is 4.64. The van der Waals surface area contributed by atoms with Gasteiger partial charge in [-0.25, -0.2) is 8.37 Å². The molecule has 0 spiro atoms. The molecule has 1 rings (SSSR count). The van der Waals surface area contributed by atoms with Crippen molar-refractivity contribution in [1.29, 1.82) is 0 Å². The highest BCUT2D eigenvalue weighted by Gasteiger charge is 2.29. The zero-order valence-corrected chi connectivity index (χ0v) is 6.26. The molecule has 10 heavy (non-hydrogen) atoms. The third-order valence-electron chi connectivity index (χ3n) is 1.00. The fourth-order valence-electron chi connectivity index (χ4n) is 0.643. The summed E-state index contributed by atoms with van der Waals surface area (Å²) in [6, 6.07) is 0. The van der Waals surface area contributed by atoms with Crippen molar-refractivity contribution in [3.8, 4) is 0 Å². The molecule has 1 saturated heterocycles. The Labute approximate surface area is 59.2 Å². The Balaban J connectivity index is 2.44. The maximum Gasteiger partial charge on any atom is 0.400 e. The lowest BCUT2D eigenvalue weighted by Crippen LogP contribution is -2.16. The number of hydrogen-bond donors (Lipinski definition) is 0. The fourth-order valence-corrected chi connectivity index (χ4v) is 1.46. The lowest BCUT2D eigenvalue weighted by atomic mass is 10.4. The Morgan fingerprint density at radius 3 is 2.80 bits per heavy atom. The summed E-state index contributed by atoms with van der Waals surface area (Å²) < 4.78 is 34.2. The summed E-state index contributed by atoms with van der Waals surface area (Å²) in [7, 11) is -2.23. The lowest BCUT2D eigenvalue weighted by Gasteiger charge is -2.00. The van der Waals surface area contributed by atoms with Gasteiger partial charge in [-0.1, -0.05) is 0 Å². The second-order valence-corrected chi connectivity index (χ2v) is 3.11. The highest BCUT2D eigenvalue weighted by molar-refractivity contribution is 7.82. The van der Waals surface area contributed by atoms with Crippen molar-refractivity contribution >= 4 is 10.4 Å². The fraction of sp³-hybridized carbons (Fsp3) is 1.00. The van der Waals surface area contributed by atoms with Crippen LogP contribution in [0.5, 0.6) is 0 Å². The van der Waals surface area contributed by atoms with Crippen LogP contribution in [0.4, 0.5) is 0 Å². The van der Waals surface area contributed by atoms with Crippen LogP contribution in [-0.4, -0.2) is 34.8 Å². The second kappa shape index (κ2) is 2.83. The molecule has 0 radical (unpaired) electrons. The minimum atomic E-state index is -3.70. The van der Waals surface area contributed by atoms with Gasteiger partial charge in [-0.05, 0) is 0 Å². The van der Waals surface area contributed by atoms with Crippen molar-refractivity contribution in [3.63, 3.8) is 0 Å². The van der Waals surface area contributed by atoms with Crippen LogP contribution in [0.1, 0.15) is 0 Å². The predicted octanol–water partition coefficient (Wildman–Crippen LogP) is -0.707. The lowest BCUT2D eigenvalue weighted by molar-refractivity contribution is 0.0952. The van der Waals surface area contributed by atoms with Crippen LogP contribution in [-0.2, 0) is 23.5 Å². The van der Waals surface area contributed by atoms with E-state index in [0.717, 1.165) is 0 Å². The Hall–Kier alpha value is -0.170. The van der Waals surface area contributed by atoms with Crippen molar-refractivity contribution in [2.45, 2.75) is 6.10 Å². The number of rotatable bonds is 2. The molecule has 5 nitrogen and oxygen atoms in total. The molecule has 0 bridgehead atoms. The SMILES string of the molecule is COC[C@H]1COS(=O)(=O)O1. The van der Waals surface area contributed by atoms with Crippen LogP contribution >= 0.6 is 0 Å². The van der Waals surface area contributed by atoms with Gasteiger partial charge in [0.05, 0.1) is 13.2 Å². The maximum atomic E-state index is 10.4. The zero-order valence-electron chi connectivity index (χ0n) is 5.44. The van der Waals surface area contributed by atoms with Gasteiger partial charge >= 0.3 is 10.4 Å². The monoisotopic (exact) mass is 168 g/mol. The topological polar surface area (TPSA) is 61.8 Å². The van der Waals surface area contributed by atoms with Crippen LogP contribution in [0, 0.1) is 0 Å². The van der Waals surface area contributed by atoms with Crippen molar-refractivity contribution < 1.29 is 21.5 Å². The molecule has 0 aromatic rings. The Bertz CT molecular complexity index is 196. The molecule has 1 heterocycles. The molecule has 0 aromatic heterocycles. The molecular formula is C4H8O5S. The van der Waals surface area contributed by atoms with Crippen LogP contribution in [0.3, 0.4) is 0 Å². The van der Waals surface area contributed by atoms with Gasteiger partial charge in [-0.2, -0.15) is 8.42 Å². The van der Waals surface area contributed by atoms with Gasteiger partial charge in [-0.3, -0.25) is 0 Å². The van der Waals surface area contributed by atoms with Gasteiger partial charge < -0.3 is 4.74 Å². The molecule has 0 aliphatic carbocycles. The van der Waals surface area contributed by atoms with Crippen molar-refractivity contribution in [2.75, 3.05) is 20.3 Å². The van der Waals surface area contributed by atoms with E-state index in [1.807, 2.05) is 0 Å². The van der Waals surface area contributed by atoms with E-state index in [2.05, 4.69) is 13.1 Å². The Morgan fingerprint density at radius 2 is 2.40 bits per heavy atom. The quantitative estimate of drug-likeness (QED) is 0.545. The third-order valence-corrected chi connectivity index (χ3v) is 1.94. The van der Waals surface area contributed by atoms with E-state index in [9.17, 15) is 8.42 Å². The summed E-state index contributed by atoms with van der Waals surface area (Å²) in [5.41, 5.74) is 0. The molecule has 1 aliphatic heterocycles. The first-order valence-electron chi connectivity index (χ1n) is 2.70. The van der Waals surface area contributed by atoms with Crippen LogP contribution in [0.25, 0.3) is 0 Å². The van der Waals surface area contributed by atoms with E-state index in [1.165, 1.54) is 7.11 Å². The van der Waals surface area contributed by atoms with E-state index >= 15 is 0 Å². The van der Waals surface area contributed by atoms with Gasteiger partial charge in [0.15, 0.2) is 0 Å². The van der Waals surface area contributed by atoms with Crippen molar-refractivity contribution in [3.05, 3.63) is 0 Å². The summed E-state index contributed by atoms with van der Waals surface area (Å²) in [6.45, 7) is 0.287. The first kappa shape index (κ1) is 7.93. The molecule has 1 atom stereocenters. The highest BCUT2D eigenvalue weighted by atomic mass is 32.3. The molecule has 0 saturated carbocycles. The van der Waals surface area contributed by atoms with Crippen LogP contribution in [0.2, 0.25) is 0 Å². The van der Waals surface area contributed by atoms with Crippen molar-refractivity contribution in [2.24, 2.45) is 0 Å². The summed E-state index contributed by atoms with van der Waals surface area (Å²) in [5.74, 6) is 0. The predicted molar refractivity (Wildman–Crippen MR) is 31.6 cm³/mol. The van der Waals surface area contributed by atoms with E-state index in [-0.39, 0.29) is 13.2 Å². The molecular weight excluding hydrogens is 160 g/mol. The minimum absolute atomic E-state index is 0.0518. The van der Waals surface area contributed by atoms with Gasteiger partial charge in [0, 0.05) is 7.11 Å². The molecule has 0 N–H and O–H groups in total. The van der Waals surface area contributed by atoms with Crippen LogP contribution in [0.15, 0.2) is 0 Å². The first-order valence-corrected chi connectivity index (χ1v) is 4.04. The average molecular weight is 168 g/mol. The molecule has 0 amide bonds. The third kappa shape index (κ3) is 1.91. The van der Waals surface area contributed by atoms with E-state index in [4.69, 9.17) is 0 Å². The van der Waals surface area contributed by atoms with Crippen molar-refractivity contribution in [1.82, 2.24) is 0 Å². The summed E-state index contributed by atoms with van der Waals surface area (Å²) >= 11 is 0. The van der Waals surface area contributed by atoms with Gasteiger partial charge in [0.2, 0.25) is 0 Å². The number of ether oxygens (including phenoxy) is 1. The smallest absolute Gasteiger partial charge is 0.382 e. The van der Waals surface area contributed by atoms with Gasteiger partial charge in [0.1, 0.15) is 6.10 Å². The second-order valence-electron chi connectivity index (χ2n) is 1.87. The van der Waals surface area contributed by atoms with E-state index < -0.39 is 16.5 Å². The number of hydrogen-bond acceptors (Lipinski definition) is 5. The zero-order chi connectivity index (χ0) is 7.61. The number of methoxy groups -OCH3 is 1. The van der Waals surface area contributed by atoms with E-state index in [0.29, 0.717) is 0 Å². The Morgan fingerprint density at radius 1 is 1.70 bits per heavy atom. The molecule has 0 unspecified atom stereocenters. The van der Waals surface area contributed by atoms with E-state index in [1.54, 1.807) is 0 Å². The van der Waals surface area contributed by atoms with Gasteiger partial charge in [0.25, 0.3) is 0 Å². The van der Waals surface area contributed by atoms with Crippen LogP contribution < -0.4 is 0 Å². The molecule has 6 heteroatoms. The van der Waals surface area contributed by atoms with Gasteiger partial charge in [-0.15, -0.1) is 0 Å². The average Bonchev–Trinajstić information content (AvgIpc) is 2.12. The summed E-state index contributed by atoms with van der Waals surface area (Å²) in [4.78, 5) is 0. The highest BCUT2D eigenvalue weighted by Crippen LogP contribution is 2.11. The molecule has 1 aliphatic rings. The summed E-state index contributed by atoms with van der Waals surface area (Å²) in [6.07, 6.45) is -0.477.